The van der Waals surface area contributed by atoms with Gasteiger partial charge in [-0.1, -0.05) is 80.8 Å². The Morgan fingerprint density at radius 2 is 1.61 bits per heavy atom. The average Bonchev–Trinajstić information content (AvgIpc) is 2.84. The molecule has 0 aliphatic rings. The third-order valence-corrected chi connectivity index (χ3v) is 6.30. The van der Waals surface area contributed by atoms with Gasteiger partial charge in [-0.05, 0) is 80.0 Å². The van der Waals surface area contributed by atoms with Crippen molar-refractivity contribution < 1.29 is 4.74 Å². The van der Waals surface area contributed by atoms with Gasteiger partial charge in [0.1, 0.15) is 12.4 Å². The van der Waals surface area contributed by atoms with Gasteiger partial charge >= 0.3 is 0 Å². The molecule has 3 nitrogen and oxygen atoms in total. The van der Waals surface area contributed by atoms with Crippen molar-refractivity contribution in [3.05, 3.63) is 76.8 Å². The summed E-state index contributed by atoms with van der Waals surface area (Å²) >= 11 is 6.14. The van der Waals surface area contributed by atoms with Crippen molar-refractivity contribution in [2.75, 3.05) is 26.2 Å². The summed E-state index contributed by atoms with van der Waals surface area (Å²) in [4.78, 5) is 2.63. The highest BCUT2D eigenvalue weighted by Crippen LogP contribution is 2.29. The van der Waals surface area contributed by atoms with Crippen LogP contribution in [0, 0.1) is 0 Å². The predicted molar refractivity (Wildman–Crippen MR) is 142 cm³/mol. The fourth-order valence-electron chi connectivity index (χ4n) is 4.16. The van der Waals surface area contributed by atoms with Crippen molar-refractivity contribution >= 4 is 22.4 Å². The van der Waals surface area contributed by atoms with Crippen LogP contribution in [0.2, 0.25) is 5.02 Å². The van der Waals surface area contributed by atoms with E-state index in [9.17, 15) is 0 Å². The lowest BCUT2D eigenvalue weighted by Crippen LogP contribution is -2.29. The molecule has 0 heterocycles. The van der Waals surface area contributed by atoms with Gasteiger partial charge in [-0.25, -0.2) is 0 Å². The highest BCUT2D eigenvalue weighted by molar-refractivity contribution is 6.30. The number of benzene rings is 3. The molecule has 3 aromatic carbocycles. The van der Waals surface area contributed by atoms with Crippen LogP contribution in [0.25, 0.3) is 10.8 Å². The zero-order valence-electron chi connectivity index (χ0n) is 20.3. The highest BCUT2D eigenvalue weighted by Gasteiger charge is 2.10. The maximum Gasteiger partial charge on any atom is 0.124 e. The van der Waals surface area contributed by atoms with Gasteiger partial charge in [0.2, 0.25) is 0 Å². The topological polar surface area (TPSA) is 24.5 Å². The Morgan fingerprint density at radius 1 is 0.848 bits per heavy atom. The molecule has 0 atom stereocenters. The number of unbranched alkanes of at least 4 members (excludes halogenated alkanes) is 2. The molecule has 1 N–H and O–H groups in total. The first kappa shape index (κ1) is 25.6. The summed E-state index contributed by atoms with van der Waals surface area (Å²) in [6, 6.07) is 20.7. The second kappa shape index (κ2) is 14.2. The van der Waals surface area contributed by atoms with Crippen LogP contribution in [0.4, 0.5) is 0 Å². The van der Waals surface area contributed by atoms with Crippen LogP contribution in [0.15, 0.2) is 60.7 Å². The Bertz CT molecular complexity index is 967. The lowest BCUT2D eigenvalue weighted by Gasteiger charge is -2.22. The minimum absolute atomic E-state index is 0.510. The maximum atomic E-state index is 6.26. The standard InChI is InChI=1S/C29H39ClN2O/c1-3-5-18-32(19-6-4-2)20-10-17-31-22-28-27-14-8-7-12-25(27)15-16-29(28)33-23-24-11-9-13-26(30)21-24/h7-9,11-16,21,31H,3-6,10,17-20,22-23H2,1-2H3. The molecule has 0 saturated carbocycles. The number of hydrogen-bond donors (Lipinski definition) is 1. The first-order valence-corrected chi connectivity index (χ1v) is 12.9. The normalized spacial score (nSPS) is 11.4. The van der Waals surface area contributed by atoms with Crippen molar-refractivity contribution in [3.63, 3.8) is 0 Å². The van der Waals surface area contributed by atoms with Crippen molar-refractivity contribution in [2.24, 2.45) is 0 Å². The molecule has 0 aliphatic heterocycles. The monoisotopic (exact) mass is 466 g/mol. The number of rotatable bonds is 15. The lowest BCUT2D eigenvalue weighted by atomic mass is 10.0. The van der Waals surface area contributed by atoms with Gasteiger partial charge in [0.05, 0.1) is 0 Å². The van der Waals surface area contributed by atoms with E-state index >= 15 is 0 Å². The van der Waals surface area contributed by atoms with E-state index in [4.69, 9.17) is 16.3 Å². The van der Waals surface area contributed by atoms with Gasteiger partial charge in [-0.3, -0.25) is 0 Å². The number of fused-ring (bicyclic) bond motifs is 1. The van der Waals surface area contributed by atoms with E-state index in [1.54, 1.807) is 0 Å². The summed E-state index contributed by atoms with van der Waals surface area (Å²) in [7, 11) is 0. The van der Waals surface area contributed by atoms with Crippen LogP contribution in [-0.4, -0.2) is 31.1 Å². The van der Waals surface area contributed by atoms with E-state index < -0.39 is 0 Å². The molecule has 4 heteroatoms. The molecule has 178 valence electrons. The van der Waals surface area contributed by atoms with Crippen LogP contribution < -0.4 is 10.1 Å². The van der Waals surface area contributed by atoms with Crippen LogP contribution in [0.5, 0.6) is 5.75 Å². The molecular formula is C29H39ClN2O. The Morgan fingerprint density at radius 3 is 2.36 bits per heavy atom. The van der Waals surface area contributed by atoms with Crippen molar-refractivity contribution in [1.29, 1.82) is 0 Å². The van der Waals surface area contributed by atoms with E-state index in [-0.39, 0.29) is 0 Å². The van der Waals surface area contributed by atoms with Crippen LogP contribution in [-0.2, 0) is 13.2 Å². The molecule has 0 fully saturated rings. The van der Waals surface area contributed by atoms with Crippen LogP contribution >= 0.6 is 11.6 Å². The zero-order valence-corrected chi connectivity index (χ0v) is 21.0. The number of ether oxygens (including phenoxy) is 1. The summed E-state index contributed by atoms with van der Waals surface area (Å²) in [6.07, 6.45) is 6.28. The van der Waals surface area contributed by atoms with Gasteiger partial charge in [0, 0.05) is 17.1 Å². The average molecular weight is 467 g/mol. The molecule has 0 radical (unpaired) electrons. The third-order valence-electron chi connectivity index (χ3n) is 6.07. The third kappa shape index (κ3) is 8.33. The quantitative estimate of drug-likeness (QED) is 0.235. The van der Waals surface area contributed by atoms with E-state index in [2.05, 4.69) is 60.5 Å². The number of halogens is 1. The van der Waals surface area contributed by atoms with Gasteiger partial charge in [0.15, 0.2) is 0 Å². The van der Waals surface area contributed by atoms with E-state index in [0.717, 1.165) is 35.8 Å². The molecule has 0 aromatic heterocycles. The molecular weight excluding hydrogens is 428 g/mol. The Labute approximate surface area is 205 Å². The van der Waals surface area contributed by atoms with Crippen molar-refractivity contribution in [2.45, 2.75) is 59.1 Å². The van der Waals surface area contributed by atoms with Crippen LogP contribution in [0.1, 0.15) is 57.1 Å². The fourth-order valence-corrected chi connectivity index (χ4v) is 4.37. The van der Waals surface area contributed by atoms with E-state index in [1.165, 1.54) is 61.7 Å². The first-order chi connectivity index (χ1) is 16.2. The summed E-state index contributed by atoms with van der Waals surface area (Å²) in [5.74, 6) is 0.939. The molecule has 0 unspecified atom stereocenters. The largest absolute Gasteiger partial charge is 0.489 e. The smallest absolute Gasteiger partial charge is 0.124 e. The van der Waals surface area contributed by atoms with Crippen molar-refractivity contribution in [1.82, 2.24) is 10.2 Å². The lowest BCUT2D eigenvalue weighted by molar-refractivity contribution is 0.260. The number of hydrogen-bond acceptors (Lipinski definition) is 3. The molecule has 33 heavy (non-hydrogen) atoms. The van der Waals surface area contributed by atoms with E-state index in [1.807, 2.05) is 24.3 Å². The molecule has 0 spiro atoms. The molecule has 0 saturated heterocycles. The van der Waals surface area contributed by atoms with Crippen molar-refractivity contribution in [3.8, 4) is 5.75 Å². The second-order valence-electron chi connectivity index (χ2n) is 8.76. The minimum atomic E-state index is 0.510. The zero-order chi connectivity index (χ0) is 23.3. The fraction of sp³-hybridized carbons (Fsp3) is 0.448. The molecule has 0 bridgehead atoms. The van der Waals surface area contributed by atoms with Gasteiger partial charge < -0.3 is 15.0 Å². The number of nitrogens with zero attached hydrogens (tertiary/aromatic N) is 1. The molecule has 3 rings (SSSR count). The number of nitrogens with one attached hydrogen (secondary N) is 1. The van der Waals surface area contributed by atoms with Crippen LogP contribution in [0.3, 0.4) is 0 Å². The highest BCUT2D eigenvalue weighted by atomic mass is 35.5. The molecule has 0 amide bonds. The Balaban J connectivity index is 1.60. The predicted octanol–water partition coefficient (Wildman–Crippen LogP) is 7.45. The van der Waals surface area contributed by atoms with Gasteiger partial charge in [-0.15, -0.1) is 0 Å². The second-order valence-corrected chi connectivity index (χ2v) is 9.20. The Hall–Kier alpha value is -2.07. The minimum Gasteiger partial charge on any atom is -0.489 e. The Kier molecular flexibility index (Phi) is 11.0. The maximum absolute atomic E-state index is 6.26. The summed E-state index contributed by atoms with van der Waals surface area (Å²) < 4.78 is 6.26. The first-order valence-electron chi connectivity index (χ1n) is 12.5. The van der Waals surface area contributed by atoms with Gasteiger partial charge in [-0.2, -0.15) is 0 Å². The summed E-state index contributed by atoms with van der Waals surface area (Å²) in [6.45, 7) is 10.5. The molecule has 3 aromatic rings. The van der Waals surface area contributed by atoms with E-state index in [0.29, 0.717) is 6.61 Å². The molecule has 0 aliphatic carbocycles. The SMILES string of the molecule is CCCCN(CCCC)CCCNCc1c(OCc2cccc(Cl)c2)ccc2ccccc12. The van der Waals surface area contributed by atoms with Gasteiger partial charge in [0.25, 0.3) is 0 Å². The summed E-state index contributed by atoms with van der Waals surface area (Å²) in [5, 5.41) is 6.92. The summed E-state index contributed by atoms with van der Waals surface area (Å²) in [5.41, 5.74) is 2.30.